The van der Waals surface area contributed by atoms with Gasteiger partial charge < -0.3 is 19.9 Å². The predicted octanol–water partition coefficient (Wildman–Crippen LogP) is 1.81. The van der Waals surface area contributed by atoms with E-state index in [0.29, 0.717) is 31.3 Å². The summed E-state index contributed by atoms with van der Waals surface area (Å²) in [4.78, 5) is 0. The fourth-order valence-electron chi connectivity index (χ4n) is 2.44. The third-order valence-corrected chi connectivity index (χ3v) is 3.90. The standard InChI is InChI=1S/C15H31NO3/c1-12(2)11-19-14-10-13(15(14,3)4)16-6-5-8-18-9-7-17/h12-14,16-17H,5-11H2,1-4H3. The fraction of sp³-hybridized carbons (Fsp3) is 1.00. The van der Waals surface area contributed by atoms with Crippen molar-refractivity contribution in [1.82, 2.24) is 5.32 Å². The molecule has 2 N–H and O–H groups in total. The summed E-state index contributed by atoms with van der Waals surface area (Å²) in [7, 11) is 0. The molecule has 0 bridgehead atoms. The van der Waals surface area contributed by atoms with Crippen LogP contribution >= 0.6 is 0 Å². The number of hydrogen-bond donors (Lipinski definition) is 2. The first-order valence-corrected chi connectivity index (χ1v) is 7.52. The van der Waals surface area contributed by atoms with E-state index in [9.17, 15) is 0 Å². The highest BCUT2D eigenvalue weighted by Crippen LogP contribution is 2.42. The summed E-state index contributed by atoms with van der Waals surface area (Å²) in [5.74, 6) is 0.603. The quantitative estimate of drug-likeness (QED) is 0.596. The van der Waals surface area contributed by atoms with Crippen molar-refractivity contribution >= 4 is 0 Å². The minimum Gasteiger partial charge on any atom is -0.394 e. The minimum atomic E-state index is 0.109. The van der Waals surface area contributed by atoms with Gasteiger partial charge in [0, 0.05) is 24.7 Å². The first-order chi connectivity index (χ1) is 8.98. The molecule has 1 saturated carbocycles. The van der Waals surface area contributed by atoms with Crippen LogP contribution in [0.25, 0.3) is 0 Å². The van der Waals surface area contributed by atoms with Crippen LogP contribution in [-0.4, -0.2) is 50.2 Å². The van der Waals surface area contributed by atoms with Crippen LogP contribution < -0.4 is 5.32 Å². The summed E-state index contributed by atoms with van der Waals surface area (Å²) >= 11 is 0. The Morgan fingerprint density at radius 1 is 1.32 bits per heavy atom. The fourth-order valence-corrected chi connectivity index (χ4v) is 2.44. The smallest absolute Gasteiger partial charge is 0.0697 e. The molecule has 1 aliphatic carbocycles. The van der Waals surface area contributed by atoms with E-state index in [1.807, 2.05) is 0 Å². The summed E-state index contributed by atoms with van der Waals surface area (Å²) < 4.78 is 11.2. The SMILES string of the molecule is CC(C)COC1CC(NCCCOCCO)C1(C)C. The van der Waals surface area contributed by atoms with Crippen molar-refractivity contribution in [2.45, 2.75) is 52.7 Å². The van der Waals surface area contributed by atoms with Gasteiger partial charge in [0.2, 0.25) is 0 Å². The maximum atomic E-state index is 8.59. The molecule has 19 heavy (non-hydrogen) atoms. The Bertz CT molecular complexity index is 244. The number of nitrogens with one attached hydrogen (secondary N) is 1. The van der Waals surface area contributed by atoms with Crippen LogP contribution in [0, 0.1) is 11.3 Å². The molecule has 0 heterocycles. The Kier molecular flexibility index (Phi) is 7.29. The van der Waals surface area contributed by atoms with Gasteiger partial charge in [-0.15, -0.1) is 0 Å². The van der Waals surface area contributed by atoms with E-state index in [1.165, 1.54) is 0 Å². The van der Waals surface area contributed by atoms with Crippen molar-refractivity contribution in [1.29, 1.82) is 0 Å². The molecule has 0 saturated heterocycles. The average Bonchev–Trinajstić information content (AvgIpc) is 2.34. The van der Waals surface area contributed by atoms with Crippen LogP contribution in [0.4, 0.5) is 0 Å². The zero-order valence-electron chi connectivity index (χ0n) is 12.9. The third-order valence-electron chi connectivity index (χ3n) is 3.90. The van der Waals surface area contributed by atoms with Crippen molar-refractivity contribution in [3.63, 3.8) is 0 Å². The van der Waals surface area contributed by atoms with Crippen molar-refractivity contribution in [3.8, 4) is 0 Å². The van der Waals surface area contributed by atoms with E-state index in [4.69, 9.17) is 14.6 Å². The zero-order valence-corrected chi connectivity index (χ0v) is 12.9. The van der Waals surface area contributed by atoms with Gasteiger partial charge in [-0.3, -0.25) is 0 Å². The second-order valence-electron chi connectivity index (χ2n) is 6.47. The van der Waals surface area contributed by atoms with Crippen LogP contribution in [0.2, 0.25) is 0 Å². The van der Waals surface area contributed by atoms with Crippen LogP contribution in [0.15, 0.2) is 0 Å². The molecule has 114 valence electrons. The molecular formula is C15H31NO3. The molecule has 0 aromatic carbocycles. The largest absolute Gasteiger partial charge is 0.394 e. The van der Waals surface area contributed by atoms with Crippen molar-refractivity contribution in [2.75, 3.05) is 33.0 Å². The highest BCUT2D eigenvalue weighted by molar-refractivity contribution is 5.02. The van der Waals surface area contributed by atoms with Crippen molar-refractivity contribution in [2.24, 2.45) is 11.3 Å². The van der Waals surface area contributed by atoms with Gasteiger partial charge in [0.1, 0.15) is 0 Å². The van der Waals surface area contributed by atoms with Crippen LogP contribution in [-0.2, 0) is 9.47 Å². The maximum Gasteiger partial charge on any atom is 0.0697 e. The predicted molar refractivity (Wildman–Crippen MR) is 77.3 cm³/mol. The lowest BCUT2D eigenvalue weighted by molar-refractivity contribution is -0.123. The van der Waals surface area contributed by atoms with E-state index in [2.05, 4.69) is 33.0 Å². The van der Waals surface area contributed by atoms with E-state index >= 15 is 0 Å². The molecule has 4 heteroatoms. The normalized spacial score (nSPS) is 25.6. The number of hydrogen-bond acceptors (Lipinski definition) is 4. The first kappa shape index (κ1) is 16.9. The van der Waals surface area contributed by atoms with E-state index in [1.54, 1.807) is 0 Å². The van der Waals surface area contributed by atoms with E-state index in [-0.39, 0.29) is 12.0 Å². The second-order valence-corrected chi connectivity index (χ2v) is 6.47. The summed E-state index contributed by atoms with van der Waals surface area (Å²) in [6, 6.07) is 0.544. The van der Waals surface area contributed by atoms with E-state index < -0.39 is 0 Å². The van der Waals surface area contributed by atoms with Crippen molar-refractivity contribution < 1.29 is 14.6 Å². The average molecular weight is 273 g/mol. The molecule has 1 aliphatic rings. The number of aliphatic hydroxyl groups excluding tert-OH is 1. The lowest BCUT2D eigenvalue weighted by atomic mass is 9.64. The lowest BCUT2D eigenvalue weighted by Gasteiger charge is -2.52. The highest BCUT2D eigenvalue weighted by Gasteiger charge is 2.48. The van der Waals surface area contributed by atoms with Gasteiger partial charge in [-0.25, -0.2) is 0 Å². The molecule has 2 unspecified atom stereocenters. The summed E-state index contributed by atoms with van der Waals surface area (Å²) in [5.41, 5.74) is 0.223. The maximum absolute atomic E-state index is 8.59. The monoisotopic (exact) mass is 273 g/mol. The second kappa shape index (κ2) is 8.20. The Hall–Kier alpha value is -0.160. The molecule has 1 fully saturated rings. The Balaban J connectivity index is 2.09. The molecule has 4 nitrogen and oxygen atoms in total. The zero-order chi connectivity index (χ0) is 14.3. The number of aliphatic hydroxyl groups is 1. The minimum absolute atomic E-state index is 0.109. The van der Waals surface area contributed by atoms with E-state index in [0.717, 1.165) is 26.0 Å². The Morgan fingerprint density at radius 3 is 2.63 bits per heavy atom. The Labute approximate surface area is 117 Å². The highest BCUT2D eigenvalue weighted by atomic mass is 16.5. The van der Waals surface area contributed by atoms with Gasteiger partial charge in [0.05, 0.1) is 19.3 Å². The Morgan fingerprint density at radius 2 is 2.05 bits per heavy atom. The molecule has 0 amide bonds. The number of ether oxygens (including phenoxy) is 2. The first-order valence-electron chi connectivity index (χ1n) is 7.52. The molecule has 0 aromatic heterocycles. The molecular weight excluding hydrogens is 242 g/mol. The van der Waals surface area contributed by atoms with Gasteiger partial charge in [0.15, 0.2) is 0 Å². The van der Waals surface area contributed by atoms with Crippen LogP contribution in [0.3, 0.4) is 0 Å². The summed E-state index contributed by atoms with van der Waals surface area (Å²) in [5, 5.41) is 12.2. The molecule has 0 aromatic rings. The summed E-state index contributed by atoms with van der Waals surface area (Å²) in [6.07, 6.45) is 2.49. The molecule has 2 atom stereocenters. The van der Waals surface area contributed by atoms with Gasteiger partial charge in [-0.1, -0.05) is 27.7 Å². The van der Waals surface area contributed by atoms with Crippen LogP contribution in [0.5, 0.6) is 0 Å². The topological polar surface area (TPSA) is 50.7 Å². The van der Waals surface area contributed by atoms with Gasteiger partial charge in [0.25, 0.3) is 0 Å². The van der Waals surface area contributed by atoms with Crippen molar-refractivity contribution in [3.05, 3.63) is 0 Å². The number of rotatable bonds is 10. The molecule has 1 rings (SSSR count). The molecule has 0 aliphatic heterocycles. The van der Waals surface area contributed by atoms with Gasteiger partial charge in [-0.05, 0) is 25.3 Å². The van der Waals surface area contributed by atoms with Crippen LogP contribution in [0.1, 0.15) is 40.5 Å². The van der Waals surface area contributed by atoms with Gasteiger partial charge in [-0.2, -0.15) is 0 Å². The summed E-state index contributed by atoms with van der Waals surface area (Å²) in [6.45, 7) is 12.0. The molecule has 0 spiro atoms. The molecule has 0 radical (unpaired) electrons. The van der Waals surface area contributed by atoms with Gasteiger partial charge >= 0.3 is 0 Å². The third kappa shape index (κ3) is 5.38. The lowest BCUT2D eigenvalue weighted by Crippen LogP contribution is -2.61.